The average Bonchev–Trinajstić information content (AvgIpc) is 2.18. The third-order valence-corrected chi connectivity index (χ3v) is 3.12. The molecule has 0 fully saturated rings. The van der Waals surface area contributed by atoms with E-state index < -0.39 is 6.10 Å². The zero-order chi connectivity index (χ0) is 11.7. The Labute approximate surface area is 91.7 Å². The molecule has 1 aliphatic carbocycles. The maximum absolute atomic E-state index is 11.8. The Morgan fingerprint density at radius 1 is 1.20 bits per heavy atom. The predicted molar refractivity (Wildman–Crippen MR) is 61.5 cm³/mol. The van der Waals surface area contributed by atoms with Crippen LogP contribution in [0.2, 0.25) is 0 Å². The summed E-state index contributed by atoms with van der Waals surface area (Å²) >= 11 is 0. The normalized spacial score (nSPS) is 23.1. The van der Waals surface area contributed by atoms with Crippen molar-refractivity contribution in [3.63, 3.8) is 0 Å². The van der Waals surface area contributed by atoms with Gasteiger partial charge in [0, 0.05) is 0 Å². The average molecular weight is 208 g/mol. The minimum atomic E-state index is -0.551. The SMILES string of the molecule is CC1=C(C)C(O)C(CC(C)C)=C(C)C1=O. The fourth-order valence-electron chi connectivity index (χ4n) is 1.98. The van der Waals surface area contributed by atoms with Crippen LogP contribution in [0.5, 0.6) is 0 Å². The Balaban J connectivity index is 3.10. The van der Waals surface area contributed by atoms with E-state index in [4.69, 9.17) is 0 Å². The summed E-state index contributed by atoms with van der Waals surface area (Å²) in [6.45, 7) is 9.64. The monoisotopic (exact) mass is 208 g/mol. The van der Waals surface area contributed by atoms with Crippen molar-refractivity contribution < 1.29 is 9.90 Å². The first-order chi connectivity index (χ1) is 6.86. The molecule has 2 nitrogen and oxygen atoms in total. The van der Waals surface area contributed by atoms with E-state index in [0.717, 1.165) is 23.1 Å². The molecule has 0 saturated carbocycles. The van der Waals surface area contributed by atoms with Gasteiger partial charge in [-0.05, 0) is 55.4 Å². The molecule has 0 amide bonds. The molecule has 15 heavy (non-hydrogen) atoms. The Morgan fingerprint density at radius 3 is 2.20 bits per heavy atom. The number of aliphatic hydroxyl groups excluding tert-OH is 1. The highest BCUT2D eigenvalue weighted by atomic mass is 16.3. The van der Waals surface area contributed by atoms with Crippen LogP contribution < -0.4 is 0 Å². The van der Waals surface area contributed by atoms with E-state index in [2.05, 4.69) is 13.8 Å². The van der Waals surface area contributed by atoms with Gasteiger partial charge in [0.15, 0.2) is 5.78 Å². The van der Waals surface area contributed by atoms with Gasteiger partial charge >= 0.3 is 0 Å². The van der Waals surface area contributed by atoms with Crippen LogP contribution in [0.3, 0.4) is 0 Å². The molecule has 1 aliphatic rings. The topological polar surface area (TPSA) is 37.3 Å². The van der Waals surface area contributed by atoms with Gasteiger partial charge in [0.2, 0.25) is 0 Å². The maximum Gasteiger partial charge on any atom is 0.184 e. The van der Waals surface area contributed by atoms with Crippen LogP contribution in [0.1, 0.15) is 41.0 Å². The van der Waals surface area contributed by atoms with Crippen molar-refractivity contribution in [2.75, 3.05) is 0 Å². The highest BCUT2D eigenvalue weighted by Gasteiger charge is 2.27. The lowest BCUT2D eigenvalue weighted by molar-refractivity contribution is -0.112. The second-order valence-electron chi connectivity index (χ2n) is 4.79. The molecular formula is C13H20O2. The van der Waals surface area contributed by atoms with Crippen LogP contribution in [0.15, 0.2) is 22.3 Å². The third-order valence-electron chi connectivity index (χ3n) is 3.12. The lowest BCUT2D eigenvalue weighted by Gasteiger charge is -2.26. The largest absolute Gasteiger partial charge is 0.384 e. The van der Waals surface area contributed by atoms with Crippen LogP contribution in [-0.2, 0) is 4.79 Å². The molecule has 0 spiro atoms. The molecule has 0 aliphatic heterocycles. The summed E-state index contributed by atoms with van der Waals surface area (Å²) in [7, 11) is 0. The number of rotatable bonds is 2. The van der Waals surface area contributed by atoms with E-state index in [1.54, 1.807) is 6.92 Å². The van der Waals surface area contributed by atoms with Crippen LogP contribution in [-0.4, -0.2) is 17.0 Å². The van der Waals surface area contributed by atoms with E-state index >= 15 is 0 Å². The molecule has 0 heterocycles. The molecule has 0 aromatic rings. The van der Waals surface area contributed by atoms with Crippen molar-refractivity contribution in [3.8, 4) is 0 Å². The number of hydrogen-bond acceptors (Lipinski definition) is 2. The Hall–Kier alpha value is -0.890. The second kappa shape index (κ2) is 4.31. The standard InChI is InChI=1S/C13H20O2/c1-7(2)6-11-10(5)12(14)8(3)9(4)13(11)15/h7,13,15H,6H2,1-5H3. The predicted octanol–water partition coefficient (Wildman–Crippen LogP) is 2.63. The van der Waals surface area contributed by atoms with Gasteiger partial charge in [-0.25, -0.2) is 0 Å². The first kappa shape index (κ1) is 12.2. The van der Waals surface area contributed by atoms with Crippen LogP contribution in [0.25, 0.3) is 0 Å². The van der Waals surface area contributed by atoms with Crippen molar-refractivity contribution in [1.82, 2.24) is 0 Å². The lowest BCUT2D eigenvalue weighted by Crippen LogP contribution is -2.25. The van der Waals surface area contributed by atoms with Crippen LogP contribution in [0.4, 0.5) is 0 Å². The molecule has 1 rings (SSSR count). The lowest BCUT2D eigenvalue weighted by atomic mass is 9.81. The molecular weight excluding hydrogens is 188 g/mol. The highest BCUT2D eigenvalue weighted by molar-refractivity contribution is 6.09. The first-order valence-electron chi connectivity index (χ1n) is 5.46. The Morgan fingerprint density at radius 2 is 1.73 bits per heavy atom. The molecule has 1 atom stereocenters. The first-order valence-corrected chi connectivity index (χ1v) is 5.46. The number of ketones is 1. The number of aliphatic hydroxyl groups is 1. The van der Waals surface area contributed by atoms with E-state index in [-0.39, 0.29) is 5.78 Å². The maximum atomic E-state index is 11.8. The molecule has 1 N–H and O–H groups in total. The summed E-state index contributed by atoms with van der Waals surface area (Å²) in [5, 5.41) is 10.1. The van der Waals surface area contributed by atoms with Gasteiger partial charge in [-0.2, -0.15) is 0 Å². The summed E-state index contributed by atoms with van der Waals surface area (Å²) in [6.07, 6.45) is 0.244. The van der Waals surface area contributed by atoms with Crippen LogP contribution >= 0.6 is 0 Å². The van der Waals surface area contributed by atoms with Crippen molar-refractivity contribution in [3.05, 3.63) is 22.3 Å². The second-order valence-corrected chi connectivity index (χ2v) is 4.79. The number of allylic oxidation sites excluding steroid dienone is 2. The van der Waals surface area contributed by atoms with E-state index in [1.807, 2.05) is 13.8 Å². The van der Waals surface area contributed by atoms with Crippen molar-refractivity contribution in [1.29, 1.82) is 0 Å². The molecule has 0 saturated heterocycles. The molecule has 0 aromatic carbocycles. The molecule has 84 valence electrons. The van der Waals surface area contributed by atoms with Gasteiger partial charge in [0.25, 0.3) is 0 Å². The zero-order valence-electron chi connectivity index (χ0n) is 10.2. The summed E-state index contributed by atoms with van der Waals surface area (Å²) in [4.78, 5) is 11.8. The molecule has 0 aromatic heterocycles. The van der Waals surface area contributed by atoms with Gasteiger partial charge < -0.3 is 5.11 Å². The van der Waals surface area contributed by atoms with Gasteiger partial charge in [-0.1, -0.05) is 13.8 Å². The van der Waals surface area contributed by atoms with E-state index in [9.17, 15) is 9.90 Å². The number of hydrogen-bond donors (Lipinski definition) is 1. The van der Waals surface area contributed by atoms with E-state index in [0.29, 0.717) is 11.5 Å². The Bertz CT molecular complexity index is 346. The Kier molecular flexibility index (Phi) is 3.50. The van der Waals surface area contributed by atoms with Crippen LogP contribution in [0, 0.1) is 5.92 Å². The molecule has 0 radical (unpaired) electrons. The number of carbonyl (C=O) groups excluding carboxylic acids is 1. The van der Waals surface area contributed by atoms with Gasteiger partial charge in [-0.3, -0.25) is 4.79 Å². The fraction of sp³-hybridized carbons (Fsp3) is 0.615. The molecule has 2 heteroatoms. The zero-order valence-corrected chi connectivity index (χ0v) is 10.2. The van der Waals surface area contributed by atoms with Crippen molar-refractivity contribution in [2.24, 2.45) is 5.92 Å². The minimum absolute atomic E-state index is 0.0912. The summed E-state index contributed by atoms with van der Waals surface area (Å²) in [5.74, 6) is 0.553. The summed E-state index contributed by atoms with van der Waals surface area (Å²) in [6, 6.07) is 0. The van der Waals surface area contributed by atoms with Crippen molar-refractivity contribution >= 4 is 5.78 Å². The number of carbonyl (C=O) groups is 1. The highest BCUT2D eigenvalue weighted by Crippen LogP contribution is 2.31. The smallest absolute Gasteiger partial charge is 0.184 e. The molecule has 0 bridgehead atoms. The quantitative estimate of drug-likeness (QED) is 0.757. The fourth-order valence-corrected chi connectivity index (χ4v) is 1.98. The van der Waals surface area contributed by atoms with E-state index in [1.165, 1.54) is 0 Å². The minimum Gasteiger partial charge on any atom is -0.384 e. The van der Waals surface area contributed by atoms with Gasteiger partial charge in [-0.15, -0.1) is 0 Å². The summed E-state index contributed by atoms with van der Waals surface area (Å²) < 4.78 is 0. The summed E-state index contributed by atoms with van der Waals surface area (Å²) in [5.41, 5.74) is 3.14. The van der Waals surface area contributed by atoms with Gasteiger partial charge in [0.1, 0.15) is 0 Å². The number of Topliss-reactive ketones (excluding diaryl/α,β-unsaturated/α-hetero) is 1. The van der Waals surface area contributed by atoms with Crippen molar-refractivity contribution in [2.45, 2.75) is 47.1 Å². The van der Waals surface area contributed by atoms with Gasteiger partial charge in [0.05, 0.1) is 6.10 Å². The molecule has 1 unspecified atom stereocenters. The third kappa shape index (κ3) is 2.20.